The number of carboxylic acid groups (broad SMARTS) is 1. The van der Waals surface area contributed by atoms with Crippen molar-refractivity contribution in [2.24, 2.45) is 11.3 Å². The highest BCUT2D eigenvalue weighted by Gasteiger charge is 2.39. The summed E-state index contributed by atoms with van der Waals surface area (Å²) in [5, 5.41) is 12.2. The molecule has 0 aromatic carbocycles. The van der Waals surface area contributed by atoms with E-state index in [1.54, 1.807) is 0 Å². The van der Waals surface area contributed by atoms with Gasteiger partial charge >= 0.3 is 5.97 Å². The van der Waals surface area contributed by atoms with Gasteiger partial charge in [-0.1, -0.05) is 13.8 Å². The van der Waals surface area contributed by atoms with Gasteiger partial charge in [-0.2, -0.15) is 0 Å². The molecule has 2 aliphatic heterocycles. The quantitative estimate of drug-likeness (QED) is 0.822. The molecule has 2 rings (SSSR count). The number of aliphatic carboxylic acids is 1. The summed E-state index contributed by atoms with van der Waals surface area (Å²) in [5.41, 5.74) is 0.00719. The van der Waals surface area contributed by atoms with Crippen molar-refractivity contribution in [3.05, 3.63) is 0 Å². The zero-order chi connectivity index (χ0) is 14.8. The molecule has 2 heterocycles. The standard InChI is InChI=1S/C15H26N2O3/c1-15(2)6-3-7-16-13(15)14(20)17-8-4-11(5-9-17)10-12(18)19/h11,13,16H,3-10H2,1-2H3,(H,18,19). The second-order valence-electron chi connectivity index (χ2n) is 6.85. The Balaban J connectivity index is 1.89. The van der Waals surface area contributed by atoms with Gasteiger partial charge in [-0.25, -0.2) is 0 Å². The Hall–Kier alpha value is -1.10. The van der Waals surface area contributed by atoms with Gasteiger partial charge < -0.3 is 15.3 Å². The molecule has 2 saturated heterocycles. The zero-order valence-corrected chi connectivity index (χ0v) is 12.5. The van der Waals surface area contributed by atoms with Crippen molar-refractivity contribution in [1.29, 1.82) is 0 Å². The van der Waals surface area contributed by atoms with Crippen LogP contribution < -0.4 is 5.32 Å². The molecular formula is C15H26N2O3. The summed E-state index contributed by atoms with van der Waals surface area (Å²) in [6.45, 7) is 6.61. The summed E-state index contributed by atoms with van der Waals surface area (Å²) in [4.78, 5) is 25.3. The molecule has 114 valence electrons. The van der Waals surface area contributed by atoms with Crippen molar-refractivity contribution in [3.63, 3.8) is 0 Å². The van der Waals surface area contributed by atoms with E-state index in [1.165, 1.54) is 0 Å². The lowest BCUT2D eigenvalue weighted by atomic mass is 9.76. The largest absolute Gasteiger partial charge is 0.481 e. The van der Waals surface area contributed by atoms with Crippen LogP contribution in [-0.4, -0.2) is 47.6 Å². The molecule has 1 amide bonds. The third-order valence-electron chi connectivity index (χ3n) is 4.76. The van der Waals surface area contributed by atoms with Crippen molar-refractivity contribution >= 4 is 11.9 Å². The van der Waals surface area contributed by atoms with E-state index < -0.39 is 5.97 Å². The van der Waals surface area contributed by atoms with E-state index >= 15 is 0 Å². The predicted molar refractivity (Wildman–Crippen MR) is 76.4 cm³/mol. The van der Waals surface area contributed by atoms with Crippen LogP contribution in [0.1, 0.15) is 46.0 Å². The Morgan fingerprint density at radius 3 is 2.50 bits per heavy atom. The second-order valence-corrected chi connectivity index (χ2v) is 6.85. The number of amides is 1. The Labute approximate surface area is 120 Å². The van der Waals surface area contributed by atoms with E-state index in [9.17, 15) is 9.59 Å². The number of hydrogen-bond acceptors (Lipinski definition) is 3. The Morgan fingerprint density at radius 2 is 1.95 bits per heavy atom. The molecule has 0 aromatic rings. The average molecular weight is 282 g/mol. The monoisotopic (exact) mass is 282 g/mol. The lowest BCUT2D eigenvalue weighted by molar-refractivity contribution is -0.140. The molecule has 2 aliphatic rings. The number of carbonyl (C=O) groups is 2. The summed E-state index contributed by atoms with van der Waals surface area (Å²) < 4.78 is 0. The van der Waals surface area contributed by atoms with E-state index in [4.69, 9.17) is 5.11 Å². The first-order valence-electron chi connectivity index (χ1n) is 7.64. The smallest absolute Gasteiger partial charge is 0.303 e. The summed E-state index contributed by atoms with van der Waals surface area (Å²) in [6, 6.07) is -0.0905. The molecule has 5 nitrogen and oxygen atoms in total. The van der Waals surface area contributed by atoms with Crippen LogP contribution in [0.5, 0.6) is 0 Å². The molecule has 0 aromatic heterocycles. The molecule has 2 fully saturated rings. The van der Waals surface area contributed by atoms with Crippen LogP contribution in [0.4, 0.5) is 0 Å². The van der Waals surface area contributed by atoms with E-state index in [2.05, 4.69) is 19.2 Å². The van der Waals surface area contributed by atoms with Gasteiger partial charge in [0.1, 0.15) is 0 Å². The van der Waals surface area contributed by atoms with Crippen molar-refractivity contribution < 1.29 is 14.7 Å². The molecule has 0 aliphatic carbocycles. The Kier molecular flexibility index (Phi) is 4.68. The molecule has 5 heteroatoms. The maximum Gasteiger partial charge on any atom is 0.303 e. The molecule has 0 spiro atoms. The van der Waals surface area contributed by atoms with Gasteiger partial charge in [0, 0.05) is 19.5 Å². The molecule has 2 N–H and O–H groups in total. The fourth-order valence-electron chi connectivity index (χ4n) is 3.42. The fraction of sp³-hybridized carbons (Fsp3) is 0.867. The van der Waals surface area contributed by atoms with Gasteiger partial charge in [0.15, 0.2) is 0 Å². The van der Waals surface area contributed by atoms with Crippen LogP contribution in [0, 0.1) is 11.3 Å². The first kappa shape index (κ1) is 15.3. The fourth-order valence-corrected chi connectivity index (χ4v) is 3.42. The zero-order valence-electron chi connectivity index (χ0n) is 12.5. The number of hydrogen-bond donors (Lipinski definition) is 2. The van der Waals surface area contributed by atoms with E-state index in [0.717, 1.165) is 32.2 Å². The number of carboxylic acids is 1. The van der Waals surface area contributed by atoms with Crippen LogP contribution in [0.3, 0.4) is 0 Å². The highest BCUT2D eigenvalue weighted by atomic mass is 16.4. The van der Waals surface area contributed by atoms with Crippen LogP contribution in [-0.2, 0) is 9.59 Å². The van der Waals surface area contributed by atoms with Crippen LogP contribution in [0.25, 0.3) is 0 Å². The maximum atomic E-state index is 12.6. The van der Waals surface area contributed by atoms with E-state index in [1.807, 2.05) is 4.90 Å². The Bertz CT molecular complexity index is 373. The van der Waals surface area contributed by atoms with Crippen LogP contribution >= 0.6 is 0 Å². The van der Waals surface area contributed by atoms with E-state index in [-0.39, 0.29) is 29.7 Å². The van der Waals surface area contributed by atoms with Gasteiger partial charge in [0.05, 0.1) is 6.04 Å². The lowest BCUT2D eigenvalue weighted by Gasteiger charge is -2.42. The number of nitrogens with zero attached hydrogens (tertiary/aromatic N) is 1. The SMILES string of the molecule is CC1(C)CCCNC1C(=O)N1CCC(CC(=O)O)CC1. The molecule has 1 unspecified atom stereocenters. The predicted octanol–water partition coefficient (Wildman–Crippen LogP) is 1.48. The topological polar surface area (TPSA) is 69.6 Å². The molecule has 0 radical (unpaired) electrons. The molecule has 0 bridgehead atoms. The lowest BCUT2D eigenvalue weighted by Crippen LogP contribution is -2.57. The number of carbonyl (C=O) groups excluding carboxylic acids is 1. The minimum absolute atomic E-state index is 0.00719. The van der Waals surface area contributed by atoms with Crippen molar-refractivity contribution in [1.82, 2.24) is 10.2 Å². The highest BCUT2D eigenvalue weighted by molar-refractivity contribution is 5.83. The van der Waals surface area contributed by atoms with Crippen molar-refractivity contribution in [2.45, 2.75) is 52.0 Å². The Morgan fingerprint density at radius 1 is 1.30 bits per heavy atom. The summed E-state index contributed by atoms with van der Waals surface area (Å²) in [6.07, 6.45) is 4.05. The summed E-state index contributed by atoms with van der Waals surface area (Å²) in [5.74, 6) is -0.308. The van der Waals surface area contributed by atoms with Crippen LogP contribution in [0.15, 0.2) is 0 Å². The van der Waals surface area contributed by atoms with Gasteiger partial charge in [0.2, 0.25) is 5.91 Å². The van der Waals surface area contributed by atoms with E-state index in [0.29, 0.717) is 13.1 Å². The molecule has 0 saturated carbocycles. The first-order valence-corrected chi connectivity index (χ1v) is 7.64. The normalized spacial score (nSPS) is 27.3. The van der Waals surface area contributed by atoms with Gasteiger partial charge in [-0.05, 0) is 43.6 Å². The number of piperidine rings is 2. The summed E-state index contributed by atoms with van der Waals surface area (Å²) >= 11 is 0. The van der Waals surface area contributed by atoms with Crippen LogP contribution in [0.2, 0.25) is 0 Å². The minimum Gasteiger partial charge on any atom is -0.481 e. The molecule has 20 heavy (non-hydrogen) atoms. The minimum atomic E-state index is -0.732. The third kappa shape index (κ3) is 3.51. The highest BCUT2D eigenvalue weighted by Crippen LogP contribution is 2.32. The van der Waals surface area contributed by atoms with Gasteiger partial charge in [-0.15, -0.1) is 0 Å². The van der Waals surface area contributed by atoms with Crippen molar-refractivity contribution in [3.8, 4) is 0 Å². The first-order chi connectivity index (χ1) is 9.40. The maximum absolute atomic E-state index is 12.6. The average Bonchev–Trinajstić information content (AvgIpc) is 2.37. The number of nitrogens with one attached hydrogen (secondary N) is 1. The molecular weight excluding hydrogens is 256 g/mol. The second kappa shape index (κ2) is 6.12. The number of rotatable bonds is 3. The van der Waals surface area contributed by atoms with Crippen molar-refractivity contribution in [2.75, 3.05) is 19.6 Å². The molecule has 1 atom stereocenters. The van der Waals surface area contributed by atoms with Gasteiger partial charge in [-0.3, -0.25) is 9.59 Å². The third-order valence-corrected chi connectivity index (χ3v) is 4.76. The number of likely N-dealkylation sites (tertiary alicyclic amines) is 1. The summed E-state index contributed by atoms with van der Waals surface area (Å²) in [7, 11) is 0. The van der Waals surface area contributed by atoms with Gasteiger partial charge in [0.25, 0.3) is 0 Å².